The summed E-state index contributed by atoms with van der Waals surface area (Å²) < 4.78 is 2.22. The Morgan fingerprint density at radius 2 is 2.08 bits per heavy atom. The molecule has 134 valence electrons. The topological polar surface area (TPSA) is 51.0 Å². The summed E-state index contributed by atoms with van der Waals surface area (Å²) in [6.45, 7) is 5.87. The number of hydrogen-bond acceptors (Lipinski definition) is 3. The molecule has 5 nitrogen and oxygen atoms in total. The summed E-state index contributed by atoms with van der Waals surface area (Å²) in [6, 6.07) is 10.0. The molecule has 1 atom stereocenters. The number of nitrogens with zero attached hydrogens (tertiary/aromatic N) is 4. The van der Waals surface area contributed by atoms with Crippen molar-refractivity contribution in [3.8, 4) is 0 Å². The van der Waals surface area contributed by atoms with Gasteiger partial charge in [-0.2, -0.15) is 0 Å². The van der Waals surface area contributed by atoms with E-state index in [1.54, 1.807) is 6.20 Å². The fraction of sp³-hybridized carbons (Fsp3) is 0.381. The van der Waals surface area contributed by atoms with E-state index in [0.717, 1.165) is 48.2 Å². The molecule has 0 spiro atoms. The largest absolute Gasteiger partial charge is 0.338 e. The van der Waals surface area contributed by atoms with Gasteiger partial charge in [-0.1, -0.05) is 6.07 Å². The molecule has 0 N–H and O–H groups in total. The van der Waals surface area contributed by atoms with Crippen LogP contribution in [0, 0.1) is 0 Å². The molecule has 1 amide bonds. The number of carbonyl (C=O) groups excluding carboxylic acids is 1. The zero-order valence-corrected chi connectivity index (χ0v) is 15.3. The maximum absolute atomic E-state index is 13.1. The van der Waals surface area contributed by atoms with Gasteiger partial charge in [-0.3, -0.25) is 9.78 Å². The van der Waals surface area contributed by atoms with Crippen LogP contribution in [0.1, 0.15) is 54.8 Å². The SMILES string of the molecule is CC(C)n1ccnc1[C@@H]1CCCN(C(=O)c2ccc3ncccc3c2)C1. The van der Waals surface area contributed by atoms with Crippen LogP contribution in [0.2, 0.25) is 0 Å². The van der Waals surface area contributed by atoms with Gasteiger partial charge in [0.25, 0.3) is 5.91 Å². The van der Waals surface area contributed by atoms with E-state index in [4.69, 9.17) is 0 Å². The maximum Gasteiger partial charge on any atom is 0.253 e. The molecule has 1 aromatic carbocycles. The monoisotopic (exact) mass is 348 g/mol. The molecule has 26 heavy (non-hydrogen) atoms. The van der Waals surface area contributed by atoms with Gasteiger partial charge >= 0.3 is 0 Å². The molecule has 0 saturated carbocycles. The predicted octanol–water partition coefficient (Wildman–Crippen LogP) is 4.03. The minimum absolute atomic E-state index is 0.100. The van der Waals surface area contributed by atoms with Crippen molar-refractivity contribution < 1.29 is 4.79 Å². The van der Waals surface area contributed by atoms with Crippen molar-refractivity contribution in [1.29, 1.82) is 0 Å². The van der Waals surface area contributed by atoms with Crippen LogP contribution >= 0.6 is 0 Å². The van der Waals surface area contributed by atoms with E-state index >= 15 is 0 Å². The van der Waals surface area contributed by atoms with E-state index in [-0.39, 0.29) is 5.91 Å². The van der Waals surface area contributed by atoms with E-state index in [9.17, 15) is 4.79 Å². The molecule has 2 aromatic heterocycles. The summed E-state index contributed by atoms with van der Waals surface area (Å²) in [7, 11) is 0. The Kier molecular flexibility index (Phi) is 4.45. The normalized spacial score (nSPS) is 17.8. The zero-order chi connectivity index (χ0) is 18.1. The molecule has 1 saturated heterocycles. The Hall–Kier alpha value is -2.69. The third-order valence-electron chi connectivity index (χ3n) is 5.18. The maximum atomic E-state index is 13.1. The Bertz CT molecular complexity index is 930. The first-order valence-corrected chi connectivity index (χ1v) is 9.30. The molecular formula is C21H24N4O. The number of aromatic nitrogens is 3. The van der Waals surface area contributed by atoms with Gasteiger partial charge in [0.1, 0.15) is 5.82 Å². The average Bonchev–Trinajstić information content (AvgIpc) is 3.17. The summed E-state index contributed by atoms with van der Waals surface area (Å²) in [5, 5.41) is 1.00. The highest BCUT2D eigenvalue weighted by Crippen LogP contribution is 2.28. The van der Waals surface area contributed by atoms with Crippen molar-refractivity contribution in [2.75, 3.05) is 13.1 Å². The van der Waals surface area contributed by atoms with E-state index in [0.29, 0.717) is 12.0 Å². The van der Waals surface area contributed by atoms with E-state index < -0.39 is 0 Å². The van der Waals surface area contributed by atoms with Crippen LogP contribution in [-0.2, 0) is 0 Å². The Morgan fingerprint density at radius 3 is 2.92 bits per heavy atom. The first-order valence-electron chi connectivity index (χ1n) is 9.30. The van der Waals surface area contributed by atoms with Crippen LogP contribution in [0.15, 0.2) is 48.9 Å². The average molecular weight is 348 g/mol. The third-order valence-corrected chi connectivity index (χ3v) is 5.18. The molecule has 0 aliphatic carbocycles. The minimum Gasteiger partial charge on any atom is -0.338 e. The highest BCUT2D eigenvalue weighted by molar-refractivity contribution is 5.98. The third kappa shape index (κ3) is 3.09. The first kappa shape index (κ1) is 16.8. The van der Waals surface area contributed by atoms with Gasteiger partial charge in [0.2, 0.25) is 0 Å². The number of benzene rings is 1. The van der Waals surface area contributed by atoms with Crippen LogP contribution < -0.4 is 0 Å². The van der Waals surface area contributed by atoms with Gasteiger partial charge in [0.15, 0.2) is 0 Å². The van der Waals surface area contributed by atoms with Crippen LogP contribution in [-0.4, -0.2) is 38.4 Å². The van der Waals surface area contributed by atoms with Crippen molar-refractivity contribution in [1.82, 2.24) is 19.4 Å². The minimum atomic E-state index is 0.100. The predicted molar refractivity (Wildman–Crippen MR) is 102 cm³/mol. The van der Waals surface area contributed by atoms with Gasteiger partial charge in [0, 0.05) is 54.6 Å². The Balaban J connectivity index is 1.56. The zero-order valence-electron chi connectivity index (χ0n) is 15.3. The van der Waals surface area contributed by atoms with Crippen LogP contribution in [0.4, 0.5) is 0 Å². The molecule has 4 rings (SSSR count). The van der Waals surface area contributed by atoms with E-state index in [2.05, 4.69) is 28.4 Å². The number of amides is 1. The van der Waals surface area contributed by atoms with Crippen molar-refractivity contribution in [2.45, 2.75) is 38.6 Å². The molecular weight excluding hydrogens is 324 g/mol. The van der Waals surface area contributed by atoms with Gasteiger partial charge in [-0.05, 0) is 51.0 Å². The number of likely N-dealkylation sites (tertiary alicyclic amines) is 1. The summed E-state index contributed by atoms with van der Waals surface area (Å²) >= 11 is 0. The second kappa shape index (κ2) is 6.90. The number of pyridine rings is 1. The van der Waals surface area contributed by atoms with Crippen molar-refractivity contribution in [2.24, 2.45) is 0 Å². The van der Waals surface area contributed by atoms with Gasteiger partial charge in [0.05, 0.1) is 5.52 Å². The second-order valence-corrected chi connectivity index (χ2v) is 7.29. The lowest BCUT2D eigenvalue weighted by atomic mass is 9.96. The molecule has 0 unspecified atom stereocenters. The lowest BCUT2D eigenvalue weighted by molar-refractivity contribution is 0.0703. The quantitative estimate of drug-likeness (QED) is 0.718. The molecule has 0 bridgehead atoms. The molecule has 1 aliphatic rings. The summed E-state index contributed by atoms with van der Waals surface area (Å²) in [5.74, 6) is 1.50. The Labute approximate surface area is 153 Å². The molecule has 0 radical (unpaired) electrons. The number of carbonyl (C=O) groups is 1. The van der Waals surface area contributed by atoms with Gasteiger partial charge in [-0.25, -0.2) is 4.98 Å². The second-order valence-electron chi connectivity index (χ2n) is 7.29. The van der Waals surface area contributed by atoms with Crippen LogP contribution in [0.3, 0.4) is 0 Å². The Morgan fingerprint density at radius 1 is 1.19 bits per heavy atom. The van der Waals surface area contributed by atoms with Crippen molar-refractivity contribution in [3.05, 3.63) is 60.3 Å². The van der Waals surface area contributed by atoms with E-state index in [1.807, 2.05) is 47.6 Å². The highest BCUT2D eigenvalue weighted by Gasteiger charge is 2.28. The van der Waals surface area contributed by atoms with Crippen LogP contribution in [0.5, 0.6) is 0 Å². The number of hydrogen-bond donors (Lipinski definition) is 0. The molecule has 5 heteroatoms. The fourth-order valence-corrected chi connectivity index (χ4v) is 3.84. The highest BCUT2D eigenvalue weighted by atomic mass is 16.2. The lowest BCUT2D eigenvalue weighted by Gasteiger charge is -2.33. The summed E-state index contributed by atoms with van der Waals surface area (Å²) in [5.41, 5.74) is 1.65. The standard InChI is InChI=1S/C21H24N4O/c1-15(2)25-12-10-23-20(25)18-6-4-11-24(14-18)21(26)17-7-8-19-16(13-17)5-3-9-22-19/h3,5,7-10,12-13,15,18H,4,6,11,14H2,1-2H3/t18-/m1/s1. The molecule has 1 fully saturated rings. The molecule has 3 aromatic rings. The fourth-order valence-electron chi connectivity index (χ4n) is 3.84. The van der Waals surface area contributed by atoms with Gasteiger partial charge < -0.3 is 9.47 Å². The van der Waals surface area contributed by atoms with Crippen molar-refractivity contribution >= 4 is 16.8 Å². The summed E-state index contributed by atoms with van der Waals surface area (Å²) in [4.78, 5) is 23.9. The summed E-state index contributed by atoms with van der Waals surface area (Å²) in [6.07, 6.45) is 7.77. The number of imidazole rings is 1. The smallest absolute Gasteiger partial charge is 0.253 e. The van der Waals surface area contributed by atoms with Crippen molar-refractivity contribution in [3.63, 3.8) is 0 Å². The molecule has 1 aliphatic heterocycles. The van der Waals surface area contributed by atoms with Gasteiger partial charge in [-0.15, -0.1) is 0 Å². The number of rotatable bonds is 3. The van der Waals surface area contributed by atoms with E-state index in [1.165, 1.54) is 0 Å². The number of fused-ring (bicyclic) bond motifs is 1. The number of piperidine rings is 1. The lowest BCUT2D eigenvalue weighted by Crippen LogP contribution is -2.39. The van der Waals surface area contributed by atoms with Crippen LogP contribution in [0.25, 0.3) is 10.9 Å². The molecule has 3 heterocycles. The first-order chi connectivity index (χ1) is 12.6.